The maximum absolute atomic E-state index is 12.6. The average molecular weight is 753 g/mol. The lowest BCUT2D eigenvalue weighted by atomic mass is 10.1. The Balaban J connectivity index is 4.32. The summed E-state index contributed by atoms with van der Waals surface area (Å²) >= 11 is 0. The first kappa shape index (κ1) is 50.9. The van der Waals surface area contributed by atoms with Gasteiger partial charge in [-0.15, -0.1) is 0 Å². The second kappa shape index (κ2) is 42.6. The van der Waals surface area contributed by atoms with Crippen molar-refractivity contribution < 1.29 is 28.6 Å². The molecule has 0 aromatic carbocycles. The van der Waals surface area contributed by atoms with Gasteiger partial charge in [-0.05, 0) is 77.0 Å². The van der Waals surface area contributed by atoms with E-state index < -0.39 is 12.1 Å². The summed E-state index contributed by atoms with van der Waals surface area (Å²) < 4.78 is 16.5. The Bertz CT molecular complexity index is 1050. The molecule has 0 aromatic heterocycles. The summed E-state index contributed by atoms with van der Waals surface area (Å²) in [6.45, 7) is 6.32. The van der Waals surface area contributed by atoms with Crippen LogP contribution in [0, 0.1) is 0 Å². The van der Waals surface area contributed by atoms with E-state index in [4.69, 9.17) is 14.2 Å². The van der Waals surface area contributed by atoms with Gasteiger partial charge in [0.2, 0.25) is 0 Å². The molecule has 0 aromatic rings. The number of rotatable bonds is 38. The molecular formula is C48H80O6. The minimum Gasteiger partial charge on any atom is -0.462 e. The van der Waals surface area contributed by atoms with Crippen LogP contribution in [0.4, 0.5) is 0 Å². The van der Waals surface area contributed by atoms with Crippen molar-refractivity contribution in [2.75, 3.05) is 13.2 Å². The van der Waals surface area contributed by atoms with Crippen molar-refractivity contribution in [1.82, 2.24) is 0 Å². The van der Waals surface area contributed by atoms with E-state index in [0.717, 1.165) is 89.9 Å². The van der Waals surface area contributed by atoms with E-state index in [-0.39, 0.29) is 31.6 Å². The molecule has 0 aliphatic carbocycles. The van der Waals surface area contributed by atoms with Crippen LogP contribution < -0.4 is 0 Å². The largest absolute Gasteiger partial charge is 0.462 e. The number of allylic oxidation sites excluding steroid dienone is 12. The van der Waals surface area contributed by atoms with Crippen LogP contribution in [0.1, 0.15) is 194 Å². The van der Waals surface area contributed by atoms with Crippen LogP contribution >= 0.6 is 0 Å². The third kappa shape index (κ3) is 40.0. The number of carbonyl (C=O) groups excluding carboxylic acids is 3. The zero-order valence-corrected chi connectivity index (χ0v) is 35.0. The Hall–Kier alpha value is -3.15. The molecule has 0 spiro atoms. The molecule has 0 amide bonds. The molecule has 1 atom stereocenters. The molecule has 1 unspecified atom stereocenters. The van der Waals surface area contributed by atoms with Crippen molar-refractivity contribution >= 4 is 17.9 Å². The van der Waals surface area contributed by atoms with Gasteiger partial charge in [0.1, 0.15) is 13.2 Å². The van der Waals surface area contributed by atoms with E-state index in [1.54, 1.807) is 0 Å². The molecule has 0 rings (SSSR count). The van der Waals surface area contributed by atoms with Gasteiger partial charge in [-0.2, -0.15) is 0 Å². The van der Waals surface area contributed by atoms with E-state index in [1.165, 1.54) is 57.8 Å². The molecule has 54 heavy (non-hydrogen) atoms. The van der Waals surface area contributed by atoms with Crippen LogP contribution in [0.3, 0.4) is 0 Å². The van der Waals surface area contributed by atoms with Crippen molar-refractivity contribution in [3.05, 3.63) is 72.9 Å². The highest BCUT2D eigenvalue weighted by Crippen LogP contribution is 2.12. The summed E-state index contributed by atoms with van der Waals surface area (Å²) in [5, 5.41) is 0. The maximum atomic E-state index is 12.6. The topological polar surface area (TPSA) is 78.9 Å². The lowest BCUT2D eigenvalue weighted by molar-refractivity contribution is -0.166. The van der Waals surface area contributed by atoms with Gasteiger partial charge in [0.15, 0.2) is 6.10 Å². The van der Waals surface area contributed by atoms with Crippen LogP contribution in [0.25, 0.3) is 0 Å². The quantitative estimate of drug-likeness (QED) is 0.0270. The highest BCUT2D eigenvalue weighted by atomic mass is 16.6. The number of ether oxygens (including phenoxy) is 3. The number of unbranched alkanes of at least 4 members (excludes halogenated alkanes) is 15. The Morgan fingerprint density at radius 1 is 0.389 bits per heavy atom. The van der Waals surface area contributed by atoms with E-state index >= 15 is 0 Å². The van der Waals surface area contributed by atoms with E-state index in [9.17, 15) is 14.4 Å². The molecule has 0 fully saturated rings. The van der Waals surface area contributed by atoms with Crippen LogP contribution in [-0.2, 0) is 28.6 Å². The summed E-state index contributed by atoms with van der Waals surface area (Å²) in [6.07, 6.45) is 52.2. The van der Waals surface area contributed by atoms with Gasteiger partial charge in [-0.1, -0.05) is 171 Å². The van der Waals surface area contributed by atoms with Crippen LogP contribution in [0.2, 0.25) is 0 Å². The average Bonchev–Trinajstić information content (AvgIpc) is 3.17. The van der Waals surface area contributed by atoms with Gasteiger partial charge >= 0.3 is 17.9 Å². The second-order valence-electron chi connectivity index (χ2n) is 14.2. The molecule has 6 nitrogen and oxygen atoms in total. The van der Waals surface area contributed by atoms with Crippen molar-refractivity contribution in [3.8, 4) is 0 Å². The fourth-order valence-corrected chi connectivity index (χ4v) is 5.66. The Morgan fingerprint density at radius 3 is 1.22 bits per heavy atom. The lowest BCUT2D eigenvalue weighted by Crippen LogP contribution is -2.30. The number of hydrogen-bond donors (Lipinski definition) is 0. The van der Waals surface area contributed by atoms with Crippen molar-refractivity contribution in [2.45, 2.75) is 200 Å². The normalized spacial score (nSPS) is 12.7. The van der Waals surface area contributed by atoms with Gasteiger partial charge in [0.25, 0.3) is 0 Å². The van der Waals surface area contributed by atoms with Gasteiger partial charge in [-0.25, -0.2) is 0 Å². The zero-order chi connectivity index (χ0) is 39.4. The highest BCUT2D eigenvalue weighted by molar-refractivity contribution is 5.71. The molecule has 0 bridgehead atoms. The third-order valence-electron chi connectivity index (χ3n) is 8.96. The Kier molecular flexibility index (Phi) is 40.1. The van der Waals surface area contributed by atoms with Gasteiger partial charge < -0.3 is 14.2 Å². The molecule has 0 saturated heterocycles. The zero-order valence-electron chi connectivity index (χ0n) is 35.0. The molecule has 0 heterocycles. The smallest absolute Gasteiger partial charge is 0.306 e. The van der Waals surface area contributed by atoms with Gasteiger partial charge in [-0.3, -0.25) is 14.4 Å². The van der Waals surface area contributed by atoms with Crippen molar-refractivity contribution in [3.63, 3.8) is 0 Å². The third-order valence-corrected chi connectivity index (χ3v) is 8.96. The lowest BCUT2D eigenvalue weighted by Gasteiger charge is -2.18. The van der Waals surface area contributed by atoms with Crippen molar-refractivity contribution in [1.29, 1.82) is 0 Å². The molecule has 0 aliphatic rings. The Morgan fingerprint density at radius 2 is 0.759 bits per heavy atom. The van der Waals surface area contributed by atoms with Gasteiger partial charge in [0, 0.05) is 19.3 Å². The van der Waals surface area contributed by atoms with Crippen LogP contribution in [0.5, 0.6) is 0 Å². The summed E-state index contributed by atoms with van der Waals surface area (Å²) in [4.78, 5) is 37.4. The molecule has 0 saturated carbocycles. The molecule has 0 radical (unpaired) electrons. The van der Waals surface area contributed by atoms with E-state index in [2.05, 4.69) is 81.5 Å². The molecule has 6 heteroatoms. The maximum Gasteiger partial charge on any atom is 0.306 e. The van der Waals surface area contributed by atoms with Gasteiger partial charge in [0.05, 0.1) is 0 Å². The first-order valence-electron chi connectivity index (χ1n) is 21.9. The summed E-state index contributed by atoms with van der Waals surface area (Å²) in [5.74, 6) is -1.02. The Labute approximate surface area is 332 Å². The first-order chi connectivity index (χ1) is 26.5. The van der Waals surface area contributed by atoms with E-state index in [0.29, 0.717) is 19.3 Å². The summed E-state index contributed by atoms with van der Waals surface area (Å²) in [5.41, 5.74) is 0. The highest BCUT2D eigenvalue weighted by Gasteiger charge is 2.19. The van der Waals surface area contributed by atoms with Crippen molar-refractivity contribution in [2.24, 2.45) is 0 Å². The summed E-state index contributed by atoms with van der Waals surface area (Å²) in [6, 6.07) is 0. The fourth-order valence-electron chi connectivity index (χ4n) is 5.66. The monoisotopic (exact) mass is 753 g/mol. The second-order valence-corrected chi connectivity index (χ2v) is 14.2. The standard InChI is InChI=1S/C48H80O6/c1-4-7-10-13-15-17-19-21-22-23-24-25-27-28-30-32-35-38-41-47(50)53-44-45(43-52-46(49)40-37-34-12-9-6-3)54-48(51)42-39-36-33-31-29-26-20-18-16-14-11-8-5-2/h8,11,16-19,22-23,26,29,33,36,45H,4-7,9-10,12-15,20-21,24-25,27-28,30-32,34-35,37-44H2,1-3H3/b11-8-,18-16-,19-17-,23-22-,29-26-,36-33-. The molecule has 308 valence electrons. The minimum absolute atomic E-state index is 0.108. The van der Waals surface area contributed by atoms with E-state index in [1.807, 2.05) is 12.2 Å². The minimum atomic E-state index is -0.811. The molecular weight excluding hydrogens is 673 g/mol. The first-order valence-corrected chi connectivity index (χ1v) is 21.9. The number of hydrogen-bond acceptors (Lipinski definition) is 6. The van der Waals surface area contributed by atoms with Crippen LogP contribution in [0.15, 0.2) is 72.9 Å². The predicted octanol–water partition coefficient (Wildman–Crippen LogP) is 13.9. The number of carbonyl (C=O) groups is 3. The fraction of sp³-hybridized carbons (Fsp3) is 0.688. The molecule has 0 aliphatic heterocycles. The summed E-state index contributed by atoms with van der Waals surface area (Å²) in [7, 11) is 0. The predicted molar refractivity (Wildman–Crippen MR) is 228 cm³/mol. The molecule has 0 N–H and O–H groups in total. The van der Waals surface area contributed by atoms with Crippen LogP contribution in [-0.4, -0.2) is 37.2 Å². The number of esters is 3. The SMILES string of the molecule is CC/C=C\C/C=C\C/C=C\C/C=C\CCC(=O)OC(COC(=O)CCCCCCC)COC(=O)CCCCCCCCC/C=C\C/C=C\CCCCCC.